The van der Waals surface area contributed by atoms with Gasteiger partial charge in [0.05, 0.1) is 10.7 Å². The van der Waals surface area contributed by atoms with Crippen LogP contribution in [-0.2, 0) is 11.2 Å². The van der Waals surface area contributed by atoms with E-state index in [1.807, 2.05) is 0 Å². The Balaban J connectivity index is 1.92. The van der Waals surface area contributed by atoms with Gasteiger partial charge >= 0.3 is 0 Å². The molecule has 2 aromatic rings. The minimum atomic E-state index is -0.284. The molecule has 0 fully saturated rings. The quantitative estimate of drug-likeness (QED) is 0.897. The third kappa shape index (κ3) is 3.80. The van der Waals surface area contributed by atoms with E-state index in [0.717, 1.165) is 0 Å². The molecule has 0 atom stereocenters. The van der Waals surface area contributed by atoms with E-state index in [1.54, 1.807) is 42.5 Å². The first kappa shape index (κ1) is 13.6. The number of amides is 1. The van der Waals surface area contributed by atoms with Crippen molar-refractivity contribution in [2.75, 3.05) is 5.32 Å². The van der Waals surface area contributed by atoms with Crippen LogP contribution in [0.15, 0.2) is 48.5 Å². The Morgan fingerprint density at radius 2 is 1.79 bits per heavy atom. The predicted molar refractivity (Wildman–Crippen MR) is 74.8 cm³/mol. The molecule has 19 heavy (non-hydrogen) atoms. The van der Waals surface area contributed by atoms with Gasteiger partial charge in [0.25, 0.3) is 0 Å². The highest BCUT2D eigenvalue weighted by Gasteiger charge is 2.07. The largest absolute Gasteiger partial charge is 0.325 e. The summed E-state index contributed by atoms with van der Waals surface area (Å²) >= 11 is 5.94. The van der Waals surface area contributed by atoms with Gasteiger partial charge in [-0.15, -0.1) is 0 Å². The molecule has 0 saturated carbocycles. The van der Waals surface area contributed by atoms with E-state index in [9.17, 15) is 9.18 Å². The molecule has 0 aliphatic heterocycles. The molecular formula is C15H13ClFNO. The van der Waals surface area contributed by atoms with Crippen molar-refractivity contribution >= 4 is 23.2 Å². The maximum atomic E-state index is 13.4. The molecule has 0 heterocycles. The molecule has 0 radical (unpaired) electrons. The molecular weight excluding hydrogens is 265 g/mol. The van der Waals surface area contributed by atoms with E-state index in [-0.39, 0.29) is 18.1 Å². The van der Waals surface area contributed by atoms with E-state index in [2.05, 4.69) is 5.32 Å². The van der Waals surface area contributed by atoms with E-state index in [0.29, 0.717) is 22.7 Å². The van der Waals surface area contributed by atoms with Crippen molar-refractivity contribution in [2.45, 2.75) is 12.8 Å². The van der Waals surface area contributed by atoms with Crippen molar-refractivity contribution in [1.82, 2.24) is 0 Å². The summed E-state index contributed by atoms with van der Waals surface area (Å²) in [6.07, 6.45) is 0.578. The number of carbonyl (C=O) groups is 1. The summed E-state index contributed by atoms with van der Waals surface area (Å²) in [6, 6.07) is 13.5. The van der Waals surface area contributed by atoms with E-state index in [1.165, 1.54) is 6.07 Å². The average molecular weight is 278 g/mol. The third-order valence-corrected chi connectivity index (χ3v) is 3.06. The summed E-state index contributed by atoms with van der Waals surface area (Å²) in [5.74, 6) is -0.468. The fraction of sp³-hybridized carbons (Fsp3) is 0.133. The van der Waals surface area contributed by atoms with Crippen LogP contribution in [0, 0.1) is 5.82 Å². The molecule has 0 aromatic heterocycles. The lowest BCUT2D eigenvalue weighted by Gasteiger charge is -2.07. The molecule has 2 rings (SSSR count). The van der Waals surface area contributed by atoms with Gasteiger partial charge in [-0.05, 0) is 30.2 Å². The van der Waals surface area contributed by atoms with E-state index < -0.39 is 0 Å². The number of anilines is 1. The molecule has 2 nitrogen and oxygen atoms in total. The third-order valence-electron chi connectivity index (χ3n) is 2.73. The van der Waals surface area contributed by atoms with Crippen LogP contribution < -0.4 is 5.32 Å². The Kier molecular flexibility index (Phi) is 4.53. The standard InChI is InChI=1S/C15H13ClFNO/c16-12-6-2-4-8-14(12)18-15(19)10-9-11-5-1-3-7-13(11)17/h1-8H,9-10H2,(H,18,19). The van der Waals surface area contributed by atoms with E-state index in [4.69, 9.17) is 11.6 Å². The zero-order valence-electron chi connectivity index (χ0n) is 10.2. The molecule has 4 heteroatoms. The average Bonchev–Trinajstić information content (AvgIpc) is 2.40. The van der Waals surface area contributed by atoms with Gasteiger partial charge in [0.2, 0.25) is 5.91 Å². The van der Waals surface area contributed by atoms with Gasteiger partial charge in [0.1, 0.15) is 5.82 Å². The minimum Gasteiger partial charge on any atom is -0.325 e. The topological polar surface area (TPSA) is 29.1 Å². The van der Waals surface area contributed by atoms with Crippen molar-refractivity contribution in [1.29, 1.82) is 0 Å². The van der Waals surface area contributed by atoms with Crippen molar-refractivity contribution < 1.29 is 9.18 Å². The Morgan fingerprint density at radius 1 is 1.11 bits per heavy atom. The molecule has 1 N–H and O–H groups in total. The summed E-state index contributed by atoms with van der Waals surface area (Å²) in [5.41, 5.74) is 1.11. The summed E-state index contributed by atoms with van der Waals surface area (Å²) in [4.78, 5) is 11.8. The maximum absolute atomic E-state index is 13.4. The Labute approximate surface area is 116 Å². The van der Waals surface area contributed by atoms with Gasteiger partial charge in [-0.3, -0.25) is 4.79 Å². The number of nitrogens with one attached hydrogen (secondary N) is 1. The van der Waals surface area contributed by atoms with Crippen molar-refractivity contribution in [3.63, 3.8) is 0 Å². The van der Waals surface area contributed by atoms with Crippen LogP contribution in [0.25, 0.3) is 0 Å². The summed E-state index contributed by atoms with van der Waals surface area (Å²) in [5, 5.41) is 3.19. The molecule has 1 amide bonds. The van der Waals surface area contributed by atoms with Crippen molar-refractivity contribution in [3.05, 3.63) is 64.9 Å². The second kappa shape index (κ2) is 6.34. The fourth-order valence-electron chi connectivity index (χ4n) is 1.72. The maximum Gasteiger partial charge on any atom is 0.224 e. The zero-order chi connectivity index (χ0) is 13.7. The molecule has 0 saturated heterocycles. The smallest absolute Gasteiger partial charge is 0.224 e. The first-order chi connectivity index (χ1) is 9.16. The first-order valence-electron chi connectivity index (χ1n) is 5.94. The molecule has 0 aliphatic carbocycles. The number of carbonyl (C=O) groups excluding carboxylic acids is 1. The lowest BCUT2D eigenvalue weighted by atomic mass is 10.1. The number of aryl methyl sites for hydroxylation is 1. The lowest BCUT2D eigenvalue weighted by Crippen LogP contribution is -2.12. The summed E-state index contributed by atoms with van der Waals surface area (Å²) in [7, 11) is 0. The van der Waals surface area contributed by atoms with Gasteiger partial charge in [-0.2, -0.15) is 0 Å². The minimum absolute atomic E-state index is 0.184. The predicted octanol–water partition coefficient (Wildman–Crippen LogP) is 4.05. The second-order valence-electron chi connectivity index (χ2n) is 4.12. The Morgan fingerprint density at radius 3 is 2.53 bits per heavy atom. The normalized spacial score (nSPS) is 10.2. The molecule has 0 unspecified atom stereocenters. The number of rotatable bonds is 4. The molecule has 2 aromatic carbocycles. The number of hydrogen-bond acceptors (Lipinski definition) is 1. The summed E-state index contributed by atoms with van der Waals surface area (Å²) in [6.45, 7) is 0. The second-order valence-corrected chi connectivity index (χ2v) is 4.53. The van der Waals surface area contributed by atoms with Crippen LogP contribution in [0.5, 0.6) is 0 Å². The number of para-hydroxylation sites is 1. The molecule has 0 spiro atoms. The fourth-order valence-corrected chi connectivity index (χ4v) is 1.91. The van der Waals surface area contributed by atoms with Crippen LogP contribution in [0.3, 0.4) is 0 Å². The number of benzene rings is 2. The van der Waals surface area contributed by atoms with Gasteiger partial charge in [-0.1, -0.05) is 41.9 Å². The Hall–Kier alpha value is -1.87. The van der Waals surface area contributed by atoms with Gasteiger partial charge in [-0.25, -0.2) is 4.39 Å². The van der Waals surface area contributed by atoms with Crippen LogP contribution in [0.4, 0.5) is 10.1 Å². The highest BCUT2D eigenvalue weighted by Crippen LogP contribution is 2.20. The van der Waals surface area contributed by atoms with Crippen LogP contribution in [0.2, 0.25) is 5.02 Å². The summed E-state index contributed by atoms with van der Waals surface area (Å²) < 4.78 is 13.4. The van der Waals surface area contributed by atoms with Gasteiger partial charge in [0.15, 0.2) is 0 Å². The van der Waals surface area contributed by atoms with Crippen LogP contribution in [-0.4, -0.2) is 5.91 Å². The number of hydrogen-bond donors (Lipinski definition) is 1. The monoisotopic (exact) mass is 277 g/mol. The van der Waals surface area contributed by atoms with Crippen LogP contribution in [0.1, 0.15) is 12.0 Å². The Bertz CT molecular complexity index is 586. The zero-order valence-corrected chi connectivity index (χ0v) is 11.0. The highest BCUT2D eigenvalue weighted by atomic mass is 35.5. The van der Waals surface area contributed by atoms with Gasteiger partial charge < -0.3 is 5.32 Å². The SMILES string of the molecule is O=C(CCc1ccccc1F)Nc1ccccc1Cl. The van der Waals surface area contributed by atoms with Crippen molar-refractivity contribution in [3.8, 4) is 0 Å². The van der Waals surface area contributed by atoms with Crippen LogP contribution >= 0.6 is 11.6 Å². The first-order valence-corrected chi connectivity index (χ1v) is 6.32. The lowest BCUT2D eigenvalue weighted by molar-refractivity contribution is -0.116. The van der Waals surface area contributed by atoms with Crippen molar-refractivity contribution in [2.24, 2.45) is 0 Å². The molecule has 0 aliphatic rings. The highest BCUT2D eigenvalue weighted by molar-refractivity contribution is 6.33. The molecule has 0 bridgehead atoms. The number of halogens is 2. The van der Waals surface area contributed by atoms with Gasteiger partial charge in [0, 0.05) is 6.42 Å². The van der Waals surface area contributed by atoms with E-state index >= 15 is 0 Å². The molecule has 98 valence electrons.